The fraction of sp³-hybridized carbons (Fsp3) is 0.379. The highest BCUT2D eigenvalue weighted by molar-refractivity contribution is 5.97. The van der Waals surface area contributed by atoms with Crippen LogP contribution in [0.4, 0.5) is 15.8 Å². The van der Waals surface area contributed by atoms with Gasteiger partial charge in [0.2, 0.25) is 0 Å². The third-order valence-electron chi connectivity index (χ3n) is 7.27. The van der Waals surface area contributed by atoms with E-state index >= 15 is 4.39 Å². The van der Waals surface area contributed by atoms with Crippen molar-refractivity contribution in [1.82, 2.24) is 35.0 Å². The van der Waals surface area contributed by atoms with Crippen LogP contribution < -0.4 is 10.2 Å². The number of halogens is 1. The van der Waals surface area contributed by atoms with Gasteiger partial charge in [-0.3, -0.25) is 10.1 Å². The number of imidazole rings is 1. The molecule has 40 heavy (non-hydrogen) atoms. The summed E-state index contributed by atoms with van der Waals surface area (Å²) in [6.45, 7) is 9.98. The van der Waals surface area contributed by atoms with E-state index in [1.807, 2.05) is 18.2 Å². The van der Waals surface area contributed by atoms with Gasteiger partial charge in [0.05, 0.1) is 17.6 Å². The van der Waals surface area contributed by atoms with E-state index in [1.165, 1.54) is 6.07 Å². The molecule has 1 saturated heterocycles. The molecule has 5 heterocycles. The van der Waals surface area contributed by atoms with E-state index in [4.69, 9.17) is 4.98 Å². The van der Waals surface area contributed by atoms with Crippen molar-refractivity contribution in [3.8, 4) is 22.6 Å². The maximum Gasteiger partial charge on any atom is 0.161 e. The zero-order valence-corrected chi connectivity index (χ0v) is 23.2. The van der Waals surface area contributed by atoms with Crippen molar-refractivity contribution in [3.63, 3.8) is 0 Å². The fourth-order valence-corrected chi connectivity index (χ4v) is 5.24. The molecule has 4 aromatic heterocycles. The molecule has 4 N–H and O–H groups in total. The molecule has 1 fully saturated rings. The number of benzene rings is 1. The average Bonchev–Trinajstić information content (AvgIpc) is 3.52. The minimum Gasteiger partial charge on any atom is -0.374 e. The number of fused-ring (bicyclic) bond motifs is 2. The minimum atomic E-state index is -0.728. The number of aliphatic hydroxyl groups excluding tert-OH is 1. The van der Waals surface area contributed by atoms with E-state index in [0.717, 1.165) is 37.4 Å². The van der Waals surface area contributed by atoms with Crippen LogP contribution in [0, 0.1) is 11.2 Å². The first kappa shape index (κ1) is 26.1. The van der Waals surface area contributed by atoms with Gasteiger partial charge in [0.25, 0.3) is 0 Å². The molecule has 0 saturated carbocycles. The summed E-state index contributed by atoms with van der Waals surface area (Å²) in [5.41, 5.74) is 5.24. The van der Waals surface area contributed by atoms with E-state index < -0.39 is 12.0 Å². The van der Waals surface area contributed by atoms with Crippen molar-refractivity contribution in [1.29, 1.82) is 0 Å². The smallest absolute Gasteiger partial charge is 0.161 e. The summed E-state index contributed by atoms with van der Waals surface area (Å²) in [5, 5.41) is 21.4. The molecule has 0 amide bonds. The van der Waals surface area contributed by atoms with Crippen LogP contribution in [0.15, 0.2) is 42.9 Å². The van der Waals surface area contributed by atoms with Crippen LogP contribution in [0.25, 0.3) is 44.7 Å². The van der Waals surface area contributed by atoms with Crippen molar-refractivity contribution in [2.75, 3.05) is 43.4 Å². The number of aromatic nitrogens is 6. The lowest BCUT2D eigenvalue weighted by atomic mass is 9.91. The molecule has 5 aromatic rings. The number of piperazine rings is 1. The molecular weight excluding hydrogens is 509 g/mol. The quantitative estimate of drug-likeness (QED) is 0.229. The molecule has 0 spiro atoms. The minimum absolute atomic E-state index is 0.0409. The molecule has 0 bridgehead atoms. The number of rotatable bonds is 6. The third-order valence-corrected chi connectivity index (χ3v) is 7.27. The molecule has 6 rings (SSSR count). The SMILES string of the molecule is CN1CCN(c2ccnc3[nH]c(-c4n[nH]c5c(F)cc(-c6cncc(NC(O)CC(C)(C)C)c6)cc45)nc23)CC1. The number of pyridine rings is 2. The van der Waals surface area contributed by atoms with Gasteiger partial charge in [-0.1, -0.05) is 20.8 Å². The van der Waals surface area contributed by atoms with Crippen LogP contribution >= 0.6 is 0 Å². The number of H-pyrrole nitrogens is 2. The van der Waals surface area contributed by atoms with E-state index in [0.29, 0.717) is 51.3 Å². The number of likely N-dealkylation sites (N-methyl/N-ethyl adjacent to an activating group) is 1. The van der Waals surface area contributed by atoms with Crippen molar-refractivity contribution < 1.29 is 9.50 Å². The second-order valence-corrected chi connectivity index (χ2v) is 11.7. The number of aromatic amines is 2. The Bertz CT molecular complexity index is 1660. The first-order valence-corrected chi connectivity index (χ1v) is 13.5. The number of hydrogen-bond acceptors (Lipinski definition) is 8. The summed E-state index contributed by atoms with van der Waals surface area (Å²) < 4.78 is 15.3. The number of nitrogens with one attached hydrogen (secondary N) is 3. The van der Waals surface area contributed by atoms with Gasteiger partial charge in [-0.2, -0.15) is 5.10 Å². The lowest BCUT2D eigenvalue weighted by molar-refractivity contribution is 0.145. The van der Waals surface area contributed by atoms with Crippen LogP contribution in [0.3, 0.4) is 0 Å². The Morgan fingerprint density at radius 2 is 1.90 bits per heavy atom. The molecule has 1 atom stereocenters. The maximum absolute atomic E-state index is 15.3. The van der Waals surface area contributed by atoms with Crippen LogP contribution in [-0.4, -0.2) is 79.6 Å². The van der Waals surface area contributed by atoms with Gasteiger partial charge in [0.15, 0.2) is 11.5 Å². The number of nitrogens with zero attached hydrogens (tertiary/aromatic N) is 6. The Morgan fingerprint density at radius 3 is 2.67 bits per heavy atom. The summed E-state index contributed by atoms with van der Waals surface area (Å²) in [4.78, 5) is 21.6. The van der Waals surface area contributed by atoms with Gasteiger partial charge in [-0.05, 0) is 48.7 Å². The molecule has 11 heteroatoms. The maximum atomic E-state index is 15.3. The summed E-state index contributed by atoms with van der Waals surface area (Å²) in [6.07, 6.45) is 4.94. The largest absolute Gasteiger partial charge is 0.374 e. The van der Waals surface area contributed by atoms with Gasteiger partial charge < -0.3 is 25.2 Å². The lowest BCUT2D eigenvalue weighted by Gasteiger charge is -2.33. The molecule has 208 valence electrons. The first-order valence-electron chi connectivity index (χ1n) is 13.5. The summed E-state index contributed by atoms with van der Waals surface area (Å²) >= 11 is 0. The average molecular weight is 544 g/mol. The first-order chi connectivity index (χ1) is 19.1. The Balaban J connectivity index is 1.35. The second kappa shape index (κ2) is 10.1. The van der Waals surface area contributed by atoms with E-state index in [1.54, 1.807) is 18.6 Å². The lowest BCUT2D eigenvalue weighted by Crippen LogP contribution is -2.44. The number of anilines is 2. The Morgan fingerprint density at radius 1 is 1.10 bits per heavy atom. The van der Waals surface area contributed by atoms with E-state index in [-0.39, 0.29) is 5.41 Å². The summed E-state index contributed by atoms with van der Waals surface area (Å²) in [7, 11) is 2.13. The van der Waals surface area contributed by atoms with Gasteiger partial charge in [-0.15, -0.1) is 0 Å². The Hall–Kier alpha value is -4.09. The van der Waals surface area contributed by atoms with Crippen LogP contribution in [0.2, 0.25) is 0 Å². The molecule has 1 unspecified atom stereocenters. The highest BCUT2D eigenvalue weighted by Crippen LogP contribution is 2.34. The van der Waals surface area contributed by atoms with Crippen LogP contribution in [-0.2, 0) is 0 Å². The molecule has 10 nitrogen and oxygen atoms in total. The Kier molecular flexibility index (Phi) is 6.63. The highest BCUT2D eigenvalue weighted by Gasteiger charge is 2.22. The molecule has 1 aromatic carbocycles. The van der Waals surface area contributed by atoms with Gasteiger partial charge in [-0.25, -0.2) is 14.4 Å². The Labute approximate surface area is 231 Å². The summed E-state index contributed by atoms with van der Waals surface area (Å²) in [5.74, 6) is 0.0930. The van der Waals surface area contributed by atoms with Gasteiger partial charge in [0.1, 0.15) is 28.8 Å². The van der Waals surface area contributed by atoms with Crippen molar-refractivity contribution in [2.24, 2.45) is 5.41 Å². The molecule has 1 aliphatic heterocycles. The third kappa shape index (κ3) is 5.22. The molecule has 0 radical (unpaired) electrons. The second-order valence-electron chi connectivity index (χ2n) is 11.7. The normalized spacial score (nSPS) is 15.7. The van der Waals surface area contributed by atoms with Gasteiger partial charge in [0, 0.05) is 49.5 Å². The molecule has 0 aliphatic carbocycles. The highest BCUT2D eigenvalue weighted by atomic mass is 19.1. The van der Waals surface area contributed by atoms with Crippen molar-refractivity contribution >= 4 is 33.4 Å². The standard InChI is InChI=1S/C29H34FN9O/c1-29(2,3)14-23(40)33-19-11-18(15-31-16-19)17-12-20-24(21(30)13-17)36-37-25(20)28-34-26-22(5-6-32-27(26)35-28)39-9-7-38(4)8-10-39/h5-6,11-13,15-16,23,33,40H,7-10,14H2,1-4H3,(H,36,37)(H,32,34,35). The van der Waals surface area contributed by atoms with E-state index in [9.17, 15) is 5.11 Å². The van der Waals surface area contributed by atoms with Crippen LogP contribution in [0.1, 0.15) is 27.2 Å². The summed E-state index contributed by atoms with van der Waals surface area (Å²) in [6, 6.07) is 7.19. The predicted octanol–water partition coefficient (Wildman–Crippen LogP) is 4.62. The van der Waals surface area contributed by atoms with E-state index in [2.05, 4.69) is 68.1 Å². The predicted molar refractivity (Wildman–Crippen MR) is 156 cm³/mol. The number of hydrogen-bond donors (Lipinski definition) is 4. The van der Waals surface area contributed by atoms with Gasteiger partial charge >= 0.3 is 0 Å². The number of aliphatic hydroxyl groups is 1. The zero-order valence-electron chi connectivity index (χ0n) is 23.2. The van der Waals surface area contributed by atoms with Crippen molar-refractivity contribution in [2.45, 2.75) is 33.4 Å². The molecule has 1 aliphatic rings. The van der Waals surface area contributed by atoms with Crippen molar-refractivity contribution in [3.05, 3.63) is 48.7 Å². The van der Waals surface area contributed by atoms with Crippen LogP contribution in [0.5, 0.6) is 0 Å². The topological polar surface area (TPSA) is 122 Å². The monoisotopic (exact) mass is 543 g/mol. The zero-order chi connectivity index (χ0) is 28.0. The molecular formula is C29H34FN9O. The fourth-order valence-electron chi connectivity index (χ4n) is 5.24.